The van der Waals surface area contributed by atoms with Crippen molar-refractivity contribution in [3.05, 3.63) is 12.4 Å². The van der Waals surface area contributed by atoms with Crippen LogP contribution in [0.5, 0.6) is 0 Å². The molecule has 0 radical (unpaired) electrons. The lowest BCUT2D eigenvalue weighted by Crippen LogP contribution is -2.45. The molecule has 2 aliphatic heterocycles. The molecule has 118 valence electrons. The van der Waals surface area contributed by atoms with Gasteiger partial charge in [0.1, 0.15) is 12.9 Å². The largest absolute Gasteiger partial charge is 0.358 e. The number of hydrogen-bond acceptors (Lipinski definition) is 5. The molecule has 1 fully saturated rings. The molecule has 0 N–H and O–H groups in total. The average molecular weight is 309 g/mol. The first-order valence-electron chi connectivity index (χ1n) is 8.27. The molecular weight excluding hydrogens is 282 g/mol. The van der Waals surface area contributed by atoms with Gasteiger partial charge in [0.25, 0.3) is 0 Å². The summed E-state index contributed by atoms with van der Waals surface area (Å²) in [6.45, 7) is 6.21. The van der Waals surface area contributed by atoms with Gasteiger partial charge in [-0.2, -0.15) is 0 Å². The summed E-state index contributed by atoms with van der Waals surface area (Å²) in [6, 6.07) is 0. The Morgan fingerprint density at radius 3 is 2.76 bits per heavy atom. The Balaban J connectivity index is 1.58. The van der Waals surface area contributed by atoms with Crippen LogP contribution < -0.4 is 0 Å². The van der Waals surface area contributed by atoms with Gasteiger partial charge in [0, 0.05) is 18.2 Å². The van der Waals surface area contributed by atoms with Crippen LogP contribution in [0.1, 0.15) is 46.0 Å². The number of nitrogens with zero attached hydrogens (tertiary/aromatic N) is 3. The summed E-state index contributed by atoms with van der Waals surface area (Å²) in [6.07, 6.45) is 11.7. The summed E-state index contributed by atoms with van der Waals surface area (Å²) in [7, 11) is 0. The second kappa shape index (κ2) is 7.05. The predicted octanol–water partition coefficient (Wildman–Crippen LogP) is 3.47. The highest BCUT2D eigenvalue weighted by Gasteiger charge is 2.33. The standard InChI is InChI=1S/C16H27N3OS/c1-13(2)15-18(12-20-14-6-4-3-5-7-14)9-10-19(15)16-17-8-11-21-16/h9-10,13-15H,3-8,11-12H2,1-2H3. The molecule has 0 amide bonds. The molecule has 0 spiro atoms. The van der Waals surface area contributed by atoms with Gasteiger partial charge in [-0.15, -0.1) is 0 Å². The van der Waals surface area contributed by atoms with Crippen molar-refractivity contribution in [1.29, 1.82) is 0 Å². The lowest BCUT2D eigenvalue weighted by atomic mass is 9.98. The van der Waals surface area contributed by atoms with Crippen LogP contribution in [0.4, 0.5) is 0 Å². The van der Waals surface area contributed by atoms with Crippen LogP contribution in [-0.4, -0.2) is 46.3 Å². The lowest BCUT2D eigenvalue weighted by molar-refractivity contribution is -0.0460. The minimum Gasteiger partial charge on any atom is -0.358 e. The van der Waals surface area contributed by atoms with Crippen molar-refractivity contribution in [1.82, 2.24) is 9.80 Å². The van der Waals surface area contributed by atoms with Gasteiger partial charge in [-0.1, -0.05) is 44.9 Å². The number of amidine groups is 1. The molecule has 0 aromatic heterocycles. The molecule has 2 heterocycles. The van der Waals surface area contributed by atoms with E-state index in [1.165, 1.54) is 37.3 Å². The van der Waals surface area contributed by atoms with Crippen molar-refractivity contribution in [3.8, 4) is 0 Å². The van der Waals surface area contributed by atoms with E-state index >= 15 is 0 Å². The van der Waals surface area contributed by atoms with E-state index in [1.807, 2.05) is 11.8 Å². The van der Waals surface area contributed by atoms with Crippen LogP contribution in [0, 0.1) is 5.92 Å². The van der Waals surface area contributed by atoms with E-state index in [0.29, 0.717) is 24.9 Å². The molecule has 0 bridgehead atoms. The Bertz CT molecular complexity index is 404. The van der Waals surface area contributed by atoms with Gasteiger partial charge in [0.05, 0.1) is 12.6 Å². The Morgan fingerprint density at radius 2 is 2.10 bits per heavy atom. The maximum Gasteiger partial charge on any atom is 0.165 e. The molecule has 21 heavy (non-hydrogen) atoms. The Hall–Kier alpha value is -0.680. The molecule has 1 saturated carbocycles. The SMILES string of the molecule is CC(C)C1N(COC2CCCCC2)C=CN1C1=NCCS1. The number of hydrogen-bond donors (Lipinski definition) is 0. The molecule has 1 unspecified atom stereocenters. The second-order valence-electron chi connectivity index (χ2n) is 6.45. The number of rotatable bonds is 4. The molecule has 3 aliphatic rings. The fourth-order valence-electron chi connectivity index (χ4n) is 3.40. The average Bonchev–Trinajstić information content (AvgIpc) is 3.15. The van der Waals surface area contributed by atoms with Crippen molar-refractivity contribution in [3.63, 3.8) is 0 Å². The third-order valence-electron chi connectivity index (χ3n) is 4.44. The van der Waals surface area contributed by atoms with E-state index in [2.05, 4.69) is 41.0 Å². The van der Waals surface area contributed by atoms with Crippen molar-refractivity contribution in [2.45, 2.75) is 58.2 Å². The zero-order valence-corrected chi connectivity index (χ0v) is 14.0. The van der Waals surface area contributed by atoms with Crippen LogP contribution in [-0.2, 0) is 4.74 Å². The molecular formula is C16H27N3OS. The zero-order valence-electron chi connectivity index (χ0n) is 13.2. The van der Waals surface area contributed by atoms with Gasteiger partial charge in [0.15, 0.2) is 5.17 Å². The fourth-order valence-corrected chi connectivity index (χ4v) is 4.26. The predicted molar refractivity (Wildman–Crippen MR) is 89.0 cm³/mol. The lowest BCUT2D eigenvalue weighted by Gasteiger charge is -2.36. The maximum atomic E-state index is 6.16. The minimum atomic E-state index is 0.345. The molecule has 0 saturated heterocycles. The molecule has 0 aromatic rings. The van der Waals surface area contributed by atoms with E-state index in [0.717, 1.165) is 12.3 Å². The molecule has 3 rings (SSSR count). The first kappa shape index (κ1) is 15.2. The monoisotopic (exact) mass is 309 g/mol. The highest BCUT2D eigenvalue weighted by atomic mass is 32.2. The van der Waals surface area contributed by atoms with Gasteiger partial charge in [-0.05, 0) is 18.8 Å². The summed E-state index contributed by atoms with van der Waals surface area (Å²) < 4.78 is 6.16. The van der Waals surface area contributed by atoms with E-state index in [1.54, 1.807) is 0 Å². The maximum absolute atomic E-state index is 6.16. The molecule has 5 heteroatoms. The highest BCUT2D eigenvalue weighted by molar-refractivity contribution is 8.14. The fraction of sp³-hybridized carbons (Fsp3) is 0.812. The van der Waals surface area contributed by atoms with Crippen LogP contribution in [0.3, 0.4) is 0 Å². The summed E-state index contributed by atoms with van der Waals surface area (Å²) in [4.78, 5) is 9.28. The number of thioether (sulfide) groups is 1. The summed E-state index contributed by atoms with van der Waals surface area (Å²) in [5.41, 5.74) is 0. The molecule has 1 atom stereocenters. The van der Waals surface area contributed by atoms with Crippen LogP contribution in [0.25, 0.3) is 0 Å². The first-order chi connectivity index (χ1) is 10.3. The number of aliphatic imine (C=N–C) groups is 1. The van der Waals surface area contributed by atoms with E-state index < -0.39 is 0 Å². The van der Waals surface area contributed by atoms with Crippen LogP contribution in [0.15, 0.2) is 17.4 Å². The molecule has 0 aromatic carbocycles. The Kier molecular flexibility index (Phi) is 5.11. The van der Waals surface area contributed by atoms with Crippen molar-refractivity contribution in [2.24, 2.45) is 10.9 Å². The van der Waals surface area contributed by atoms with E-state index in [9.17, 15) is 0 Å². The van der Waals surface area contributed by atoms with Gasteiger partial charge >= 0.3 is 0 Å². The second-order valence-corrected chi connectivity index (χ2v) is 7.51. The summed E-state index contributed by atoms with van der Waals surface area (Å²) in [5, 5.41) is 1.17. The number of ether oxygens (including phenoxy) is 1. The van der Waals surface area contributed by atoms with Crippen LogP contribution in [0.2, 0.25) is 0 Å². The quantitative estimate of drug-likeness (QED) is 0.795. The normalized spacial score (nSPS) is 27.0. The van der Waals surface area contributed by atoms with Gasteiger partial charge in [-0.3, -0.25) is 4.99 Å². The van der Waals surface area contributed by atoms with Gasteiger partial charge in [-0.25, -0.2) is 0 Å². The smallest absolute Gasteiger partial charge is 0.165 e. The summed E-state index contributed by atoms with van der Waals surface area (Å²) in [5.74, 6) is 1.65. The highest BCUT2D eigenvalue weighted by Crippen LogP contribution is 2.29. The Morgan fingerprint density at radius 1 is 1.29 bits per heavy atom. The van der Waals surface area contributed by atoms with Crippen LogP contribution >= 0.6 is 11.8 Å². The van der Waals surface area contributed by atoms with Crippen molar-refractivity contribution in [2.75, 3.05) is 19.0 Å². The van der Waals surface area contributed by atoms with E-state index in [4.69, 9.17) is 4.74 Å². The van der Waals surface area contributed by atoms with Crippen molar-refractivity contribution < 1.29 is 4.74 Å². The Labute approximate surface area is 132 Å². The van der Waals surface area contributed by atoms with Gasteiger partial charge < -0.3 is 14.5 Å². The summed E-state index contributed by atoms with van der Waals surface area (Å²) >= 11 is 1.87. The van der Waals surface area contributed by atoms with E-state index in [-0.39, 0.29) is 0 Å². The molecule has 4 nitrogen and oxygen atoms in total. The van der Waals surface area contributed by atoms with Gasteiger partial charge in [0.2, 0.25) is 0 Å². The third kappa shape index (κ3) is 3.57. The minimum absolute atomic E-state index is 0.345. The topological polar surface area (TPSA) is 28.1 Å². The molecule has 1 aliphatic carbocycles. The zero-order chi connectivity index (χ0) is 14.7. The first-order valence-corrected chi connectivity index (χ1v) is 9.25. The van der Waals surface area contributed by atoms with Crippen molar-refractivity contribution >= 4 is 16.9 Å². The third-order valence-corrected chi connectivity index (χ3v) is 5.43.